The van der Waals surface area contributed by atoms with Crippen molar-refractivity contribution in [2.24, 2.45) is 0 Å². The molecule has 0 radical (unpaired) electrons. The summed E-state index contributed by atoms with van der Waals surface area (Å²) in [5.41, 5.74) is -0.783. The third-order valence-corrected chi connectivity index (χ3v) is 2.45. The monoisotopic (exact) mass is 342 g/mol. The molecule has 0 aliphatic carbocycles. The smallest absolute Gasteiger partial charge is 0.471 e. The number of unbranched alkanes of at least 4 members (excludes halogenated alkanes) is 1. The lowest BCUT2D eigenvalue weighted by atomic mass is 10.1. The number of carboxylic acid groups (broad SMARTS) is 1. The van der Waals surface area contributed by atoms with Gasteiger partial charge in [-0.3, -0.25) is 4.79 Å². The molecule has 0 saturated heterocycles. The topological polar surface area (TPSA) is 105 Å². The number of amides is 2. The molecule has 23 heavy (non-hydrogen) atoms. The lowest BCUT2D eigenvalue weighted by Gasteiger charge is -2.22. The van der Waals surface area contributed by atoms with Gasteiger partial charge in [-0.2, -0.15) is 13.2 Å². The quantitative estimate of drug-likeness (QED) is 0.612. The highest BCUT2D eigenvalue weighted by Gasteiger charge is 2.38. The fraction of sp³-hybridized carbons (Fsp3) is 0.769. The summed E-state index contributed by atoms with van der Waals surface area (Å²) in [6.45, 7) is 4.61. The molecule has 0 aromatic carbocycles. The largest absolute Gasteiger partial charge is 0.480 e. The van der Waals surface area contributed by atoms with Gasteiger partial charge in [0.05, 0.1) is 0 Å². The maximum atomic E-state index is 11.9. The van der Waals surface area contributed by atoms with Gasteiger partial charge in [0.25, 0.3) is 0 Å². The maximum Gasteiger partial charge on any atom is 0.471 e. The maximum absolute atomic E-state index is 11.9. The highest BCUT2D eigenvalue weighted by atomic mass is 19.4. The molecule has 0 spiro atoms. The SMILES string of the molecule is CC(C)(C)OC(=O)N[C@H](CCCCNC(=O)C(F)(F)F)C(=O)O. The summed E-state index contributed by atoms with van der Waals surface area (Å²) in [7, 11) is 0. The second-order valence-electron chi connectivity index (χ2n) is 5.79. The van der Waals surface area contributed by atoms with Crippen molar-refractivity contribution in [2.45, 2.75) is 57.9 Å². The first-order valence-electron chi connectivity index (χ1n) is 6.90. The average molecular weight is 342 g/mol. The van der Waals surface area contributed by atoms with E-state index in [-0.39, 0.29) is 25.8 Å². The number of carbonyl (C=O) groups excluding carboxylic acids is 2. The van der Waals surface area contributed by atoms with E-state index < -0.39 is 35.8 Å². The van der Waals surface area contributed by atoms with Crippen LogP contribution in [0.2, 0.25) is 0 Å². The molecule has 0 aromatic rings. The van der Waals surface area contributed by atoms with E-state index >= 15 is 0 Å². The van der Waals surface area contributed by atoms with Gasteiger partial charge in [-0.05, 0) is 40.0 Å². The number of carbonyl (C=O) groups is 3. The number of ether oxygens (including phenoxy) is 1. The summed E-state index contributed by atoms with van der Waals surface area (Å²) < 4.78 is 40.7. The first-order valence-corrected chi connectivity index (χ1v) is 6.90. The van der Waals surface area contributed by atoms with Crippen LogP contribution >= 0.6 is 0 Å². The Morgan fingerprint density at radius 3 is 2.13 bits per heavy atom. The highest BCUT2D eigenvalue weighted by molar-refractivity contribution is 5.81. The predicted octanol–water partition coefficient (Wildman–Crippen LogP) is 1.81. The Morgan fingerprint density at radius 2 is 1.70 bits per heavy atom. The van der Waals surface area contributed by atoms with Crippen LogP contribution in [0.3, 0.4) is 0 Å². The van der Waals surface area contributed by atoms with Gasteiger partial charge in [-0.15, -0.1) is 0 Å². The van der Waals surface area contributed by atoms with Crippen LogP contribution in [0.5, 0.6) is 0 Å². The van der Waals surface area contributed by atoms with Crippen molar-refractivity contribution >= 4 is 18.0 Å². The number of rotatable bonds is 7. The third kappa shape index (κ3) is 10.4. The first kappa shape index (κ1) is 21.0. The summed E-state index contributed by atoms with van der Waals surface area (Å²) in [6, 6.07) is -1.22. The fourth-order valence-corrected chi connectivity index (χ4v) is 1.48. The minimum Gasteiger partial charge on any atom is -0.480 e. The summed E-state index contributed by atoms with van der Waals surface area (Å²) in [6.07, 6.45) is -5.50. The van der Waals surface area contributed by atoms with Crippen molar-refractivity contribution in [3.05, 3.63) is 0 Å². The molecule has 0 bridgehead atoms. The number of alkyl carbamates (subject to hydrolysis) is 1. The zero-order valence-electron chi connectivity index (χ0n) is 13.1. The lowest BCUT2D eigenvalue weighted by molar-refractivity contribution is -0.173. The molecule has 0 aliphatic rings. The number of alkyl halides is 3. The third-order valence-electron chi connectivity index (χ3n) is 2.45. The Bertz CT molecular complexity index is 432. The van der Waals surface area contributed by atoms with Gasteiger partial charge in [0.2, 0.25) is 0 Å². The summed E-state index contributed by atoms with van der Waals surface area (Å²) in [5, 5.41) is 12.8. The second-order valence-corrected chi connectivity index (χ2v) is 5.79. The van der Waals surface area contributed by atoms with Crippen LogP contribution in [0.4, 0.5) is 18.0 Å². The lowest BCUT2D eigenvalue weighted by Crippen LogP contribution is -2.43. The standard InChI is InChI=1S/C13H21F3N2O5/c1-12(2,3)23-11(22)18-8(9(19)20)6-4-5-7-17-10(21)13(14,15)16/h8H,4-7H2,1-3H3,(H,17,21)(H,18,22)(H,19,20)/t8-/m1/s1. The van der Waals surface area contributed by atoms with Crippen LogP contribution in [0.1, 0.15) is 40.0 Å². The minimum absolute atomic E-state index is 0.00351. The molecule has 0 saturated carbocycles. The van der Waals surface area contributed by atoms with Crippen molar-refractivity contribution in [1.29, 1.82) is 0 Å². The molecule has 1 atom stereocenters. The van der Waals surface area contributed by atoms with Gasteiger partial charge >= 0.3 is 24.1 Å². The molecule has 0 heterocycles. The van der Waals surface area contributed by atoms with Gasteiger partial charge in [-0.25, -0.2) is 9.59 Å². The van der Waals surface area contributed by atoms with E-state index in [1.165, 1.54) is 0 Å². The molecule has 0 aliphatic heterocycles. The molecule has 10 heteroatoms. The van der Waals surface area contributed by atoms with E-state index in [4.69, 9.17) is 9.84 Å². The van der Waals surface area contributed by atoms with Crippen molar-refractivity contribution < 1.29 is 37.4 Å². The Balaban J connectivity index is 4.14. The van der Waals surface area contributed by atoms with Gasteiger partial charge in [0, 0.05) is 6.54 Å². The molecule has 0 aromatic heterocycles. The van der Waals surface area contributed by atoms with Crippen LogP contribution in [0, 0.1) is 0 Å². The van der Waals surface area contributed by atoms with E-state index in [0.717, 1.165) is 0 Å². The van der Waals surface area contributed by atoms with Crippen LogP contribution in [0.25, 0.3) is 0 Å². The normalized spacial score (nSPS) is 13.1. The molecule has 0 rings (SSSR count). The Hall–Kier alpha value is -2.00. The minimum atomic E-state index is -4.94. The molecule has 0 fully saturated rings. The fourth-order valence-electron chi connectivity index (χ4n) is 1.48. The number of halogens is 3. The Kier molecular flexibility index (Phi) is 7.84. The zero-order valence-corrected chi connectivity index (χ0v) is 13.1. The molecule has 134 valence electrons. The van der Waals surface area contributed by atoms with Gasteiger partial charge in [-0.1, -0.05) is 0 Å². The van der Waals surface area contributed by atoms with Crippen LogP contribution in [-0.2, 0) is 14.3 Å². The van der Waals surface area contributed by atoms with Crippen LogP contribution in [-0.4, -0.2) is 47.4 Å². The van der Waals surface area contributed by atoms with Gasteiger partial charge in [0.15, 0.2) is 0 Å². The first-order chi connectivity index (χ1) is 10.3. The van der Waals surface area contributed by atoms with Crippen molar-refractivity contribution in [2.75, 3.05) is 6.54 Å². The van der Waals surface area contributed by atoms with Crippen molar-refractivity contribution in [3.63, 3.8) is 0 Å². The van der Waals surface area contributed by atoms with E-state index in [1.807, 2.05) is 0 Å². The zero-order chi connectivity index (χ0) is 18.3. The number of hydrogen-bond donors (Lipinski definition) is 3. The van der Waals surface area contributed by atoms with E-state index in [0.29, 0.717) is 0 Å². The average Bonchev–Trinajstić information content (AvgIpc) is 2.32. The van der Waals surface area contributed by atoms with E-state index in [1.54, 1.807) is 26.1 Å². The summed E-state index contributed by atoms with van der Waals surface area (Å²) in [4.78, 5) is 33.0. The Labute approximate surface area is 131 Å². The molecule has 2 amide bonds. The van der Waals surface area contributed by atoms with Crippen molar-refractivity contribution in [1.82, 2.24) is 10.6 Å². The number of aliphatic carboxylic acids is 1. The Morgan fingerprint density at radius 1 is 1.13 bits per heavy atom. The molecule has 3 N–H and O–H groups in total. The van der Waals surface area contributed by atoms with E-state index in [2.05, 4.69) is 5.32 Å². The van der Waals surface area contributed by atoms with Gasteiger partial charge < -0.3 is 20.5 Å². The second kappa shape index (κ2) is 8.59. The number of nitrogens with one attached hydrogen (secondary N) is 2. The van der Waals surface area contributed by atoms with Crippen LogP contribution in [0.15, 0.2) is 0 Å². The highest BCUT2D eigenvalue weighted by Crippen LogP contribution is 2.14. The summed E-state index contributed by atoms with van der Waals surface area (Å²) in [5.74, 6) is -3.32. The number of carboxylic acids is 1. The van der Waals surface area contributed by atoms with Crippen LogP contribution < -0.4 is 10.6 Å². The molecule has 7 nitrogen and oxygen atoms in total. The van der Waals surface area contributed by atoms with Crippen molar-refractivity contribution in [3.8, 4) is 0 Å². The van der Waals surface area contributed by atoms with E-state index in [9.17, 15) is 27.6 Å². The molecule has 0 unspecified atom stereocenters. The van der Waals surface area contributed by atoms with Gasteiger partial charge in [0.1, 0.15) is 11.6 Å². The molecular weight excluding hydrogens is 321 g/mol. The molecular formula is C13H21F3N2O5. The summed E-state index contributed by atoms with van der Waals surface area (Å²) >= 11 is 0. The number of hydrogen-bond acceptors (Lipinski definition) is 4. The predicted molar refractivity (Wildman–Crippen MR) is 73.7 cm³/mol.